The average molecular weight is 691 g/mol. The van der Waals surface area contributed by atoms with Crippen molar-refractivity contribution in [3.05, 3.63) is 115 Å². The molecule has 1 amide bonds. The first-order valence-electron chi connectivity index (χ1n) is 16.5. The van der Waals surface area contributed by atoms with E-state index in [0.717, 1.165) is 57.2 Å². The normalized spacial score (nSPS) is 13.4. The van der Waals surface area contributed by atoms with E-state index in [1.165, 1.54) is 6.07 Å². The SMILES string of the molecule is COCCN1CCN(c2ccc(Nc3nccc(-c4c(-c5cccc(C(=O)Nc6c(F)cccc6F)c5)nc5ccccn45)n3)c(OC)c2)CC1. The van der Waals surface area contributed by atoms with Crippen molar-refractivity contribution in [1.29, 1.82) is 0 Å². The number of aromatic nitrogens is 4. The van der Waals surface area contributed by atoms with Crippen LogP contribution in [0.2, 0.25) is 0 Å². The molecule has 1 aliphatic heterocycles. The Hall–Kier alpha value is -5.92. The first-order chi connectivity index (χ1) is 24.9. The summed E-state index contributed by atoms with van der Waals surface area (Å²) in [6.07, 6.45) is 3.54. The Labute approximate surface area is 293 Å². The molecule has 11 nitrogen and oxygen atoms in total. The summed E-state index contributed by atoms with van der Waals surface area (Å²) in [6.45, 7) is 5.39. The zero-order chi connectivity index (χ0) is 35.3. The lowest BCUT2D eigenvalue weighted by atomic mass is 10.0. The highest BCUT2D eigenvalue weighted by molar-refractivity contribution is 6.05. The van der Waals surface area contributed by atoms with Crippen LogP contribution in [0.5, 0.6) is 5.75 Å². The molecule has 260 valence electrons. The second-order valence-electron chi connectivity index (χ2n) is 12.0. The Kier molecular flexibility index (Phi) is 9.81. The number of anilines is 4. The summed E-state index contributed by atoms with van der Waals surface area (Å²) < 4.78 is 41.5. The summed E-state index contributed by atoms with van der Waals surface area (Å²) in [5.74, 6) is -1.39. The van der Waals surface area contributed by atoms with Crippen LogP contribution in [0.25, 0.3) is 28.3 Å². The van der Waals surface area contributed by atoms with Crippen LogP contribution in [-0.2, 0) is 4.74 Å². The molecule has 0 spiro atoms. The Morgan fingerprint density at radius 3 is 2.47 bits per heavy atom. The first-order valence-corrected chi connectivity index (χ1v) is 16.5. The third-order valence-corrected chi connectivity index (χ3v) is 8.81. The Morgan fingerprint density at radius 1 is 0.882 bits per heavy atom. The van der Waals surface area contributed by atoms with Crippen molar-refractivity contribution in [2.24, 2.45) is 0 Å². The van der Waals surface area contributed by atoms with Gasteiger partial charge in [0.05, 0.1) is 36.5 Å². The molecule has 4 heterocycles. The fourth-order valence-corrected chi connectivity index (χ4v) is 6.15. The van der Waals surface area contributed by atoms with Crippen LogP contribution < -0.4 is 20.3 Å². The number of methoxy groups -OCH3 is 2. The molecule has 1 fully saturated rings. The van der Waals surface area contributed by atoms with E-state index in [4.69, 9.17) is 19.4 Å². The second-order valence-corrected chi connectivity index (χ2v) is 12.0. The van der Waals surface area contributed by atoms with Crippen molar-refractivity contribution >= 4 is 34.6 Å². The van der Waals surface area contributed by atoms with Gasteiger partial charge in [0.1, 0.15) is 28.7 Å². The molecule has 51 heavy (non-hydrogen) atoms. The Morgan fingerprint density at radius 2 is 1.69 bits per heavy atom. The number of benzene rings is 3. The van der Waals surface area contributed by atoms with Crippen LogP contribution in [0.15, 0.2) is 97.3 Å². The maximum Gasteiger partial charge on any atom is 0.255 e. The monoisotopic (exact) mass is 690 g/mol. The van der Waals surface area contributed by atoms with Crippen molar-refractivity contribution in [2.75, 3.05) is 69.1 Å². The average Bonchev–Trinajstić information content (AvgIpc) is 3.56. The molecule has 3 aromatic carbocycles. The first kappa shape index (κ1) is 33.6. The number of nitrogens with zero attached hydrogens (tertiary/aromatic N) is 6. The largest absolute Gasteiger partial charge is 0.494 e. The maximum absolute atomic E-state index is 14.3. The molecule has 2 N–H and O–H groups in total. The molecule has 3 aromatic heterocycles. The van der Waals surface area contributed by atoms with Crippen molar-refractivity contribution < 1.29 is 23.0 Å². The van der Waals surface area contributed by atoms with Gasteiger partial charge in [-0.25, -0.2) is 23.7 Å². The zero-order valence-corrected chi connectivity index (χ0v) is 28.1. The van der Waals surface area contributed by atoms with E-state index in [2.05, 4.69) is 31.5 Å². The molecular formula is C38H36F2N8O3. The maximum atomic E-state index is 14.3. The van der Waals surface area contributed by atoms with Gasteiger partial charge in [-0.1, -0.05) is 24.3 Å². The number of rotatable bonds is 11. The van der Waals surface area contributed by atoms with E-state index in [0.29, 0.717) is 45.7 Å². The lowest BCUT2D eigenvalue weighted by Crippen LogP contribution is -2.47. The van der Waals surface area contributed by atoms with E-state index in [1.54, 1.807) is 44.7 Å². The number of halogens is 2. The number of hydrogen-bond donors (Lipinski definition) is 2. The molecule has 0 unspecified atom stereocenters. The predicted octanol–water partition coefficient (Wildman–Crippen LogP) is 6.51. The Bertz CT molecular complexity index is 2160. The summed E-state index contributed by atoms with van der Waals surface area (Å²) in [5, 5.41) is 5.67. The lowest BCUT2D eigenvalue weighted by Gasteiger charge is -2.36. The molecule has 0 bridgehead atoms. The molecule has 0 aliphatic carbocycles. The van der Waals surface area contributed by atoms with E-state index < -0.39 is 23.2 Å². The van der Waals surface area contributed by atoms with Gasteiger partial charge in [0.25, 0.3) is 5.91 Å². The fourth-order valence-electron chi connectivity index (χ4n) is 6.15. The van der Waals surface area contributed by atoms with E-state index in [9.17, 15) is 13.6 Å². The number of carbonyl (C=O) groups is 1. The standard InChI is InChI=1S/C38H36F2N8O3/c1-50-22-21-46-17-19-47(20-18-46)27-12-13-30(32(24-27)51-2)42-38-41-15-14-31(43-38)36-34(44-33-11-3-4-16-48(33)36)25-7-5-8-26(23-25)37(49)45-35-28(39)9-6-10-29(35)40/h3-16,23-24H,17-22H2,1-2H3,(H,45,49)(H,41,42,43). The number of pyridine rings is 1. The molecule has 0 atom stereocenters. The van der Waals surface area contributed by atoms with Crippen LogP contribution in [-0.4, -0.2) is 83.7 Å². The quantitative estimate of drug-likeness (QED) is 0.157. The van der Waals surface area contributed by atoms with Crippen LogP contribution in [0.4, 0.5) is 31.8 Å². The minimum Gasteiger partial charge on any atom is -0.494 e. The number of nitrogens with one attached hydrogen (secondary N) is 2. The molecule has 0 saturated carbocycles. The summed E-state index contributed by atoms with van der Waals surface area (Å²) in [7, 11) is 3.36. The minimum absolute atomic E-state index is 0.201. The van der Waals surface area contributed by atoms with E-state index in [-0.39, 0.29) is 5.56 Å². The molecule has 1 saturated heterocycles. The van der Waals surface area contributed by atoms with Gasteiger partial charge in [-0.3, -0.25) is 14.1 Å². The third kappa shape index (κ3) is 7.21. The highest BCUT2D eigenvalue weighted by Crippen LogP contribution is 2.35. The smallest absolute Gasteiger partial charge is 0.255 e. The topological polar surface area (TPSA) is 109 Å². The number of imidazole rings is 1. The van der Waals surface area contributed by atoms with Gasteiger partial charge >= 0.3 is 0 Å². The number of ether oxygens (including phenoxy) is 2. The van der Waals surface area contributed by atoms with Gasteiger partial charge in [-0.05, 0) is 54.6 Å². The lowest BCUT2D eigenvalue weighted by molar-refractivity contribution is 0.102. The summed E-state index contributed by atoms with van der Waals surface area (Å²) in [6, 6.07) is 23.6. The Balaban J connectivity index is 1.16. The van der Waals surface area contributed by atoms with Crippen LogP contribution in [0, 0.1) is 11.6 Å². The number of piperazine rings is 1. The number of amides is 1. The highest BCUT2D eigenvalue weighted by atomic mass is 19.1. The highest BCUT2D eigenvalue weighted by Gasteiger charge is 2.21. The number of carbonyl (C=O) groups excluding carboxylic acids is 1. The van der Waals surface area contributed by atoms with Gasteiger partial charge in [0, 0.05) is 75.1 Å². The van der Waals surface area contributed by atoms with Crippen molar-refractivity contribution in [2.45, 2.75) is 0 Å². The van der Waals surface area contributed by atoms with Crippen molar-refractivity contribution in [3.8, 4) is 28.4 Å². The molecule has 0 radical (unpaired) electrons. The number of para-hydroxylation sites is 1. The van der Waals surface area contributed by atoms with Gasteiger partial charge in [-0.2, -0.15) is 0 Å². The van der Waals surface area contributed by atoms with Crippen LogP contribution in [0.1, 0.15) is 10.4 Å². The molecule has 1 aliphatic rings. The van der Waals surface area contributed by atoms with Crippen molar-refractivity contribution in [3.63, 3.8) is 0 Å². The van der Waals surface area contributed by atoms with Gasteiger partial charge < -0.3 is 25.0 Å². The minimum atomic E-state index is -0.864. The number of hydrogen-bond acceptors (Lipinski definition) is 9. The molecule has 7 rings (SSSR count). The molecule has 13 heteroatoms. The summed E-state index contributed by atoms with van der Waals surface area (Å²) in [5.41, 5.74) is 4.55. The van der Waals surface area contributed by atoms with E-state index >= 15 is 0 Å². The number of fused-ring (bicyclic) bond motifs is 1. The molecular weight excluding hydrogens is 654 g/mol. The van der Waals surface area contributed by atoms with Gasteiger partial charge in [0.2, 0.25) is 5.95 Å². The molecule has 6 aromatic rings. The summed E-state index contributed by atoms with van der Waals surface area (Å²) in [4.78, 5) is 32.1. The fraction of sp³-hybridized carbons (Fsp3) is 0.211. The zero-order valence-electron chi connectivity index (χ0n) is 28.1. The third-order valence-electron chi connectivity index (χ3n) is 8.81. The van der Waals surface area contributed by atoms with Gasteiger partial charge in [0.15, 0.2) is 0 Å². The van der Waals surface area contributed by atoms with Crippen LogP contribution in [0.3, 0.4) is 0 Å². The van der Waals surface area contributed by atoms with Crippen LogP contribution >= 0.6 is 0 Å². The predicted molar refractivity (Wildman–Crippen MR) is 193 cm³/mol. The van der Waals surface area contributed by atoms with Crippen molar-refractivity contribution in [1.82, 2.24) is 24.3 Å². The van der Waals surface area contributed by atoms with E-state index in [1.807, 2.05) is 47.0 Å². The van der Waals surface area contributed by atoms with Gasteiger partial charge in [-0.15, -0.1) is 0 Å². The second kappa shape index (κ2) is 14.9. The summed E-state index contributed by atoms with van der Waals surface area (Å²) >= 11 is 0.